The normalized spacial score (nSPS) is 10.4. The van der Waals surface area contributed by atoms with Crippen molar-refractivity contribution >= 4 is 34.0 Å². The van der Waals surface area contributed by atoms with Crippen molar-refractivity contribution in [3.63, 3.8) is 0 Å². The van der Waals surface area contributed by atoms with Gasteiger partial charge in [0.05, 0.1) is 24.4 Å². The van der Waals surface area contributed by atoms with Crippen molar-refractivity contribution in [3.8, 4) is 0 Å². The fraction of sp³-hybridized carbons (Fsp3) is 0.308. The van der Waals surface area contributed by atoms with Crippen LogP contribution in [-0.4, -0.2) is 33.7 Å². The molecule has 1 N–H and O–H groups in total. The lowest BCUT2D eigenvalue weighted by atomic mass is 10.3. The van der Waals surface area contributed by atoms with Crippen molar-refractivity contribution in [1.29, 1.82) is 0 Å². The molecule has 23 heavy (non-hydrogen) atoms. The van der Waals surface area contributed by atoms with E-state index in [-0.39, 0.29) is 17.9 Å². The van der Waals surface area contributed by atoms with Crippen LogP contribution in [0.4, 0.5) is 10.8 Å². The number of ether oxygens (including phenoxy) is 1. The summed E-state index contributed by atoms with van der Waals surface area (Å²) in [5.74, 6) is -1.36. The van der Waals surface area contributed by atoms with Crippen LogP contribution in [0.2, 0.25) is 0 Å². The van der Waals surface area contributed by atoms with E-state index in [1.54, 1.807) is 19.9 Å². The zero-order valence-corrected chi connectivity index (χ0v) is 13.5. The Kier molecular flexibility index (Phi) is 4.74. The Bertz CT molecular complexity index is 779. The molecule has 0 saturated carbocycles. The molecule has 0 bridgehead atoms. The summed E-state index contributed by atoms with van der Waals surface area (Å²) in [6.45, 7) is 3.05. The van der Waals surface area contributed by atoms with Gasteiger partial charge in [-0.25, -0.2) is 4.79 Å². The summed E-state index contributed by atoms with van der Waals surface area (Å²) in [5.41, 5.74) is 0.682. The van der Waals surface area contributed by atoms with Gasteiger partial charge in [0.1, 0.15) is 5.00 Å². The van der Waals surface area contributed by atoms with Crippen LogP contribution >= 0.6 is 11.3 Å². The minimum absolute atomic E-state index is 0.245. The molecule has 1 amide bonds. The molecule has 0 atom stereocenters. The first-order valence-electron chi connectivity index (χ1n) is 6.49. The molecule has 2 aromatic heterocycles. The van der Waals surface area contributed by atoms with Gasteiger partial charge in [-0.05, 0) is 24.8 Å². The minimum atomic E-state index is -0.609. The second-order valence-electron chi connectivity index (χ2n) is 4.70. The summed E-state index contributed by atoms with van der Waals surface area (Å²) in [4.78, 5) is 34.9. The maximum Gasteiger partial charge on any atom is 0.345 e. The summed E-state index contributed by atoms with van der Waals surface area (Å²) >= 11 is 1.22. The summed E-state index contributed by atoms with van der Waals surface area (Å²) in [7, 11) is 1.25. The molecular weight excluding hydrogens is 324 g/mol. The molecule has 0 aliphatic heterocycles. The number of amides is 1. The number of hydrogen-bond donors (Lipinski definition) is 1. The van der Waals surface area contributed by atoms with Gasteiger partial charge < -0.3 is 20.2 Å². The molecule has 0 spiro atoms. The minimum Gasteiger partial charge on any atom is -0.465 e. The lowest BCUT2D eigenvalue weighted by molar-refractivity contribution is -0.392. The van der Waals surface area contributed by atoms with Crippen molar-refractivity contribution in [2.24, 2.45) is 0 Å². The van der Waals surface area contributed by atoms with Crippen LogP contribution in [0.15, 0.2) is 12.1 Å². The van der Waals surface area contributed by atoms with Crippen LogP contribution in [0.25, 0.3) is 0 Å². The number of aryl methyl sites for hydroxylation is 2. The highest BCUT2D eigenvalue weighted by Crippen LogP contribution is 2.28. The highest BCUT2D eigenvalue weighted by atomic mass is 32.1. The molecule has 2 heterocycles. The first-order chi connectivity index (χ1) is 10.8. The van der Waals surface area contributed by atoms with Crippen molar-refractivity contribution in [2.75, 3.05) is 12.4 Å². The van der Waals surface area contributed by atoms with Crippen LogP contribution in [0, 0.1) is 24.0 Å². The monoisotopic (exact) mass is 338 g/mol. The number of aromatic nitrogens is 2. The second kappa shape index (κ2) is 6.57. The molecule has 0 radical (unpaired) electrons. The van der Waals surface area contributed by atoms with E-state index in [0.717, 1.165) is 9.56 Å². The Morgan fingerprint density at radius 1 is 1.43 bits per heavy atom. The Hall–Kier alpha value is -2.75. The Morgan fingerprint density at radius 2 is 2.13 bits per heavy atom. The lowest BCUT2D eigenvalue weighted by Crippen LogP contribution is -2.21. The number of carbonyl (C=O) groups excluding carboxylic acids is 2. The maximum absolute atomic E-state index is 12.1. The molecule has 10 heteroatoms. The summed E-state index contributed by atoms with van der Waals surface area (Å²) in [5, 5.41) is 17.7. The zero-order valence-electron chi connectivity index (χ0n) is 12.7. The van der Waals surface area contributed by atoms with Gasteiger partial charge in [-0.1, -0.05) is 5.10 Å². The molecule has 122 valence electrons. The van der Waals surface area contributed by atoms with Crippen molar-refractivity contribution in [3.05, 3.63) is 38.4 Å². The predicted molar refractivity (Wildman–Crippen MR) is 82.6 cm³/mol. The number of nitrogens with zero attached hydrogens (tertiary/aromatic N) is 3. The fourth-order valence-corrected chi connectivity index (χ4v) is 2.88. The molecule has 0 aromatic carbocycles. The molecule has 0 aliphatic rings. The third-order valence-corrected chi connectivity index (χ3v) is 3.84. The molecule has 0 fully saturated rings. The maximum atomic E-state index is 12.1. The third kappa shape index (κ3) is 3.72. The topological polar surface area (TPSA) is 116 Å². The van der Waals surface area contributed by atoms with E-state index >= 15 is 0 Å². The number of carbonyl (C=O) groups is 2. The number of hydrogen-bond acceptors (Lipinski definition) is 7. The van der Waals surface area contributed by atoms with Crippen LogP contribution in [0.5, 0.6) is 0 Å². The number of nitrogens with one attached hydrogen (secondary N) is 1. The Morgan fingerprint density at radius 3 is 2.74 bits per heavy atom. The fourth-order valence-electron chi connectivity index (χ4n) is 1.97. The molecule has 9 nitrogen and oxygen atoms in total. The zero-order chi connectivity index (χ0) is 17.1. The number of rotatable bonds is 5. The van der Waals surface area contributed by atoms with E-state index in [2.05, 4.69) is 15.2 Å². The summed E-state index contributed by atoms with van der Waals surface area (Å²) in [6, 6.07) is 2.88. The van der Waals surface area contributed by atoms with E-state index in [0.29, 0.717) is 10.7 Å². The van der Waals surface area contributed by atoms with Gasteiger partial charge in [0.25, 0.3) is 5.91 Å². The molecular formula is C13H14N4O5S. The Balaban J connectivity index is 2.18. The first kappa shape index (κ1) is 16.6. The molecule has 2 rings (SSSR count). The van der Waals surface area contributed by atoms with Crippen molar-refractivity contribution in [2.45, 2.75) is 20.4 Å². The van der Waals surface area contributed by atoms with Crippen molar-refractivity contribution in [1.82, 2.24) is 9.78 Å². The Labute approximate surface area is 135 Å². The van der Waals surface area contributed by atoms with Crippen LogP contribution in [0.3, 0.4) is 0 Å². The van der Waals surface area contributed by atoms with Gasteiger partial charge in [-0.2, -0.15) is 0 Å². The van der Waals surface area contributed by atoms with Crippen LogP contribution in [0.1, 0.15) is 20.9 Å². The molecule has 2 aromatic rings. The standard InChI is InChI=1S/C13H14N4O5S/c1-7-4-11(17(20)21)16(15-7)6-10(18)14-12-9(13(19)22-3)5-8(2)23-12/h4-5H,6H2,1-3H3,(H,14,18). The van der Waals surface area contributed by atoms with Gasteiger partial charge in [0, 0.05) is 4.88 Å². The van der Waals surface area contributed by atoms with Crippen LogP contribution in [-0.2, 0) is 16.1 Å². The van der Waals surface area contributed by atoms with Gasteiger partial charge in [0.2, 0.25) is 0 Å². The number of methoxy groups -OCH3 is 1. The first-order valence-corrected chi connectivity index (χ1v) is 7.31. The number of esters is 1. The van der Waals surface area contributed by atoms with Gasteiger partial charge >= 0.3 is 11.8 Å². The van der Waals surface area contributed by atoms with E-state index < -0.39 is 16.8 Å². The van der Waals surface area contributed by atoms with Crippen molar-refractivity contribution < 1.29 is 19.2 Å². The van der Waals surface area contributed by atoms with Crippen LogP contribution < -0.4 is 5.32 Å². The van der Waals surface area contributed by atoms with E-state index in [1.165, 1.54) is 24.5 Å². The quantitative estimate of drug-likeness (QED) is 0.505. The van der Waals surface area contributed by atoms with Gasteiger partial charge in [-0.15, -0.1) is 16.0 Å². The molecule has 0 saturated heterocycles. The smallest absolute Gasteiger partial charge is 0.345 e. The van der Waals surface area contributed by atoms with E-state index in [1.807, 2.05) is 0 Å². The highest BCUT2D eigenvalue weighted by molar-refractivity contribution is 7.16. The second-order valence-corrected chi connectivity index (χ2v) is 5.95. The lowest BCUT2D eigenvalue weighted by Gasteiger charge is -2.04. The largest absolute Gasteiger partial charge is 0.465 e. The third-order valence-electron chi connectivity index (χ3n) is 2.87. The average Bonchev–Trinajstić information content (AvgIpc) is 3.01. The average molecular weight is 338 g/mol. The highest BCUT2D eigenvalue weighted by Gasteiger charge is 2.22. The summed E-state index contributed by atoms with van der Waals surface area (Å²) in [6.07, 6.45) is 0. The summed E-state index contributed by atoms with van der Waals surface area (Å²) < 4.78 is 5.66. The predicted octanol–water partition coefficient (Wildman–Crippen LogP) is 1.89. The van der Waals surface area contributed by atoms with E-state index in [4.69, 9.17) is 0 Å². The number of nitro groups is 1. The van der Waals surface area contributed by atoms with Gasteiger partial charge in [0.15, 0.2) is 6.54 Å². The number of thiophene rings is 1. The van der Waals surface area contributed by atoms with E-state index in [9.17, 15) is 19.7 Å². The van der Waals surface area contributed by atoms with Gasteiger partial charge in [-0.3, -0.25) is 4.79 Å². The number of anilines is 1. The SMILES string of the molecule is COC(=O)c1cc(C)sc1NC(=O)Cn1nc(C)cc1[N+](=O)[O-]. The molecule has 0 aliphatic carbocycles. The molecule has 0 unspecified atom stereocenters.